The third-order valence-corrected chi connectivity index (χ3v) is 3.45. The van der Waals surface area contributed by atoms with E-state index in [1.807, 2.05) is 52.0 Å². The van der Waals surface area contributed by atoms with Gasteiger partial charge in [0.1, 0.15) is 5.75 Å². The number of hydrogen-bond donors (Lipinski definition) is 1. The number of benzene rings is 1. The molecule has 5 heteroatoms. The maximum Gasteiger partial charge on any atom is 0.234 e. The highest BCUT2D eigenvalue weighted by molar-refractivity contribution is 5.95. The van der Waals surface area contributed by atoms with Gasteiger partial charge in [-0.2, -0.15) is 0 Å². The van der Waals surface area contributed by atoms with Gasteiger partial charge in [-0.15, -0.1) is 0 Å². The molecule has 0 aliphatic carbocycles. The molecular formula is C16H23NO4. The van der Waals surface area contributed by atoms with Crippen molar-refractivity contribution in [2.45, 2.75) is 33.5 Å². The zero-order valence-electron chi connectivity index (χ0n) is 13.1. The smallest absolute Gasteiger partial charge is 0.234 e. The molecule has 1 amide bonds. The lowest BCUT2D eigenvalue weighted by molar-refractivity contribution is -0.276. The SMILES string of the molecule is CCOc1ccc(NC(=O)C2(C)COC(C)(C)OC2)cc1. The van der Waals surface area contributed by atoms with Crippen LogP contribution in [0.4, 0.5) is 5.69 Å². The number of hydrogen-bond acceptors (Lipinski definition) is 4. The van der Waals surface area contributed by atoms with Gasteiger partial charge in [0.25, 0.3) is 0 Å². The van der Waals surface area contributed by atoms with Gasteiger partial charge in [0.05, 0.1) is 25.2 Å². The normalized spacial score (nSPS) is 19.8. The van der Waals surface area contributed by atoms with E-state index in [1.54, 1.807) is 0 Å². The van der Waals surface area contributed by atoms with Crippen LogP contribution in [-0.4, -0.2) is 31.5 Å². The summed E-state index contributed by atoms with van der Waals surface area (Å²) in [6.07, 6.45) is 0. The Morgan fingerprint density at radius 1 is 1.19 bits per heavy atom. The minimum atomic E-state index is -0.686. The molecule has 5 nitrogen and oxygen atoms in total. The highest BCUT2D eigenvalue weighted by Gasteiger charge is 2.42. The van der Waals surface area contributed by atoms with E-state index in [-0.39, 0.29) is 5.91 Å². The van der Waals surface area contributed by atoms with Crippen molar-refractivity contribution < 1.29 is 19.0 Å². The fraction of sp³-hybridized carbons (Fsp3) is 0.562. The molecule has 0 bridgehead atoms. The fourth-order valence-electron chi connectivity index (χ4n) is 1.96. The number of rotatable bonds is 4. The average Bonchev–Trinajstić information content (AvgIpc) is 2.45. The summed E-state index contributed by atoms with van der Waals surface area (Å²) in [6.45, 7) is 8.75. The minimum Gasteiger partial charge on any atom is -0.494 e. The molecule has 0 radical (unpaired) electrons. The summed E-state index contributed by atoms with van der Waals surface area (Å²) in [7, 11) is 0. The van der Waals surface area contributed by atoms with Gasteiger partial charge in [0, 0.05) is 5.69 Å². The third kappa shape index (κ3) is 3.95. The monoisotopic (exact) mass is 293 g/mol. The van der Waals surface area contributed by atoms with E-state index >= 15 is 0 Å². The molecule has 1 saturated heterocycles. The van der Waals surface area contributed by atoms with Crippen molar-refractivity contribution in [3.8, 4) is 5.75 Å². The molecule has 1 N–H and O–H groups in total. The van der Waals surface area contributed by atoms with Crippen molar-refractivity contribution >= 4 is 11.6 Å². The second-order valence-corrected chi connectivity index (χ2v) is 5.95. The highest BCUT2D eigenvalue weighted by Crippen LogP contribution is 2.30. The molecule has 1 aromatic rings. The molecule has 0 spiro atoms. The van der Waals surface area contributed by atoms with Crippen LogP contribution in [0, 0.1) is 5.41 Å². The predicted molar refractivity (Wildman–Crippen MR) is 80.3 cm³/mol. The first-order valence-corrected chi connectivity index (χ1v) is 7.17. The Labute approximate surface area is 125 Å². The van der Waals surface area contributed by atoms with E-state index in [0.717, 1.165) is 11.4 Å². The Bertz CT molecular complexity index is 486. The van der Waals surface area contributed by atoms with Gasteiger partial charge in [-0.25, -0.2) is 0 Å². The second-order valence-electron chi connectivity index (χ2n) is 5.95. The summed E-state index contributed by atoms with van der Waals surface area (Å²) in [6, 6.07) is 7.30. The minimum absolute atomic E-state index is 0.109. The molecule has 0 saturated carbocycles. The van der Waals surface area contributed by atoms with E-state index in [1.165, 1.54) is 0 Å². The van der Waals surface area contributed by atoms with Crippen LogP contribution in [-0.2, 0) is 14.3 Å². The van der Waals surface area contributed by atoms with Crippen LogP contribution < -0.4 is 10.1 Å². The number of amides is 1. The molecule has 2 rings (SSSR count). The van der Waals surface area contributed by atoms with Crippen molar-refractivity contribution in [3.63, 3.8) is 0 Å². The summed E-state index contributed by atoms with van der Waals surface area (Å²) >= 11 is 0. The van der Waals surface area contributed by atoms with Gasteiger partial charge in [0.2, 0.25) is 5.91 Å². The molecule has 0 unspecified atom stereocenters. The Hall–Kier alpha value is -1.59. The maximum absolute atomic E-state index is 12.4. The number of ether oxygens (including phenoxy) is 3. The molecular weight excluding hydrogens is 270 g/mol. The standard InChI is InChI=1S/C16H23NO4/c1-5-19-13-8-6-12(7-9-13)17-14(18)16(4)10-20-15(2,3)21-11-16/h6-9H,5,10-11H2,1-4H3,(H,17,18). The van der Waals surface area contributed by atoms with Crippen molar-refractivity contribution in [2.75, 3.05) is 25.1 Å². The van der Waals surface area contributed by atoms with Gasteiger partial charge in [-0.1, -0.05) is 0 Å². The lowest BCUT2D eigenvalue weighted by Gasteiger charge is -2.40. The van der Waals surface area contributed by atoms with Crippen molar-refractivity contribution in [2.24, 2.45) is 5.41 Å². The van der Waals surface area contributed by atoms with Gasteiger partial charge in [-0.3, -0.25) is 4.79 Å². The zero-order valence-corrected chi connectivity index (χ0v) is 13.1. The Morgan fingerprint density at radius 3 is 2.29 bits per heavy atom. The van der Waals surface area contributed by atoms with Crippen LogP contribution in [0.5, 0.6) is 5.75 Å². The number of carbonyl (C=O) groups is 1. The van der Waals surface area contributed by atoms with Crippen LogP contribution in [0.2, 0.25) is 0 Å². The maximum atomic E-state index is 12.4. The fourth-order valence-corrected chi connectivity index (χ4v) is 1.96. The van der Waals surface area contributed by atoms with Crippen LogP contribution >= 0.6 is 0 Å². The van der Waals surface area contributed by atoms with Gasteiger partial charge in [-0.05, 0) is 52.0 Å². The molecule has 0 aromatic heterocycles. The van der Waals surface area contributed by atoms with E-state index in [0.29, 0.717) is 19.8 Å². The lowest BCUT2D eigenvalue weighted by Crippen LogP contribution is -2.50. The third-order valence-electron chi connectivity index (χ3n) is 3.45. The number of nitrogens with one attached hydrogen (secondary N) is 1. The summed E-state index contributed by atoms with van der Waals surface area (Å²) < 4.78 is 16.5. The van der Waals surface area contributed by atoms with Gasteiger partial charge < -0.3 is 19.5 Å². The van der Waals surface area contributed by atoms with Crippen LogP contribution in [0.3, 0.4) is 0 Å². The van der Waals surface area contributed by atoms with Crippen molar-refractivity contribution in [1.29, 1.82) is 0 Å². The second kappa shape index (κ2) is 6.03. The number of anilines is 1. The first kappa shape index (κ1) is 15.8. The molecule has 1 aliphatic heterocycles. The predicted octanol–water partition coefficient (Wildman–Crippen LogP) is 2.81. The van der Waals surface area contributed by atoms with E-state index in [2.05, 4.69) is 5.32 Å². The highest BCUT2D eigenvalue weighted by atomic mass is 16.7. The van der Waals surface area contributed by atoms with Gasteiger partial charge in [0.15, 0.2) is 5.79 Å². The largest absolute Gasteiger partial charge is 0.494 e. The molecule has 116 valence electrons. The van der Waals surface area contributed by atoms with Crippen LogP contribution in [0.1, 0.15) is 27.7 Å². The van der Waals surface area contributed by atoms with E-state index < -0.39 is 11.2 Å². The first-order valence-electron chi connectivity index (χ1n) is 7.17. The quantitative estimate of drug-likeness (QED) is 0.927. The zero-order chi connectivity index (χ0) is 15.5. The summed E-state index contributed by atoms with van der Waals surface area (Å²) in [5.74, 6) is 0.0498. The van der Waals surface area contributed by atoms with Crippen molar-refractivity contribution in [3.05, 3.63) is 24.3 Å². The first-order chi connectivity index (χ1) is 9.85. The topological polar surface area (TPSA) is 56.8 Å². The molecule has 0 atom stereocenters. The molecule has 1 aromatic carbocycles. The van der Waals surface area contributed by atoms with Crippen LogP contribution in [0.15, 0.2) is 24.3 Å². The molecule has 1 heterocycles. The Morgan fingerprint density at radius 2 is 1.76 bits per heavy atom. The van der Waals surface area contributed by atoms with Crippen molar-refractivity contribution in [1.82, 2.24) is 0 Å². The Kier molecular flexibility index (Phi) is 4.54. The lowest BCUT2D eigenvalue weighted by atomic mass is 9.90. The summed E-state index contributed by atoms with van der Waals surface area (Å²) in [5.41, 5.74) is 0.0446. The Balaban J connectivity index is 1.97. The average molecular weight is 293 g/mol. The summed E-state index contributed by atoms with van der Waals surface area (Å²) in [5, 5.41) is 2.89. The van der Waals surface area contributed by atoms with E-state index in [9.17, 15) is 4.79 Å². The summed E-state index contributed by atoms with van der Waals surface area (Å²) in [4.78, 5) is 12.4. The van der Waals surface area contributed by atoms with Gasteiger partial charge >= 0.3 is 0 Å². The number of carbonyl (C=O) groups excluding carboxylic acids is 1. The molecule has 1 fully saturated rings. The van der Waals surface area contributed by atoms with Crippen LogP contribution in [0.25, 0.3) is 0 Å². The molecule has 1 aliphatic rings. The van der Waals surface area contributed by atoms with E-state index in [4.69, 9.17) is 14.2 Å². The molecule has 21 heavy (non-hydrogen) atoms.